The van der Waals surface area contributed by atoms with Crippen LogP contribution < -0.4 is 0 Å². The van der Waals surface area contributed by atoms with Gasteiger partial charge in [-0.1, -0.05) is 6.92 Å². The van der Waals surface area contributed by atoms with Gasteiger partial charge in [0.25, 0.3) is 0 Å². The monoisotopic (exact) mass is 112 g/mol. The summed E-state index contributed by atoms with van der Waals surface area (Å²) in [5, 5.41) is 9.43. The molecule has 3 aliphatic carbocycles. The van der Waals surface area contributed by atoms with Gasteiger partial charge in [-0.15, -0.1) is 0 Å². The summed E-state index contributed by atoms with van der Waals surface area (Å²) in [6.45, 7) is 2.27. The molecule has 1 nitrogen and oxygen atoms in total. The molecule has 2 bridgehead atoms. The van der Waals surface area contributed by atoms with Crippen molar-refractivity contribution in [3.63, 3.8) is 0 Å². The van der Waals surface area contributed by atoms with Crippen LogP contribution in [0.4, 0.5) is 0 Å². The Hall–Kier alpha value is -0.0400. The fourth-order valence-electron chi connectivity index (χ4n) is 2.43. The molecule has 0 unspecified atom stereocenters. The van der Waals surface area contributed by atoms with E-state index in [0.717, 1.165) is 19.3 Å². The van der Waals surface area contributed by atoms with Crippen molar-refractivity contribution in [3.05, 3.63) is 0 Å². The summed E-state index contributed by atoms with van der Waals surface area (Å²) in [5.74, 6) is 0. The predicted octanol–water partition coefficient (Wildman–Crippen LogP) is 1.31. The third kappa shape index (κ3) is 0.408. The first-order valence-corrected chi connectivity index (χ1v) is 3.34. The number of fused-ring (bicyclic) bond motifs is 1. The van der Waals surface area contributed by atoms with Gasteiger partial charge >= 0.3 is 0 Å². The molecule has 0 aromatic rings. The van der Waals surface area contributed by atoms with Gasteiger partial charge < -0.3 is 5.11 Å². The molecule has 1 N–H and O–H groups in total. The van der Waals surface area contributed by atoms with Crippen LogP contribution in [0.5, 0.6) is 0 Å². The second-order valence-corrected chi connectivity index (χ2v) is 3.89. The van der Waals surface area contributed by atoms with E-state index in [1.807, 2.05) is 0 Å². The fourth-order valence-corrected chi connectivity index (χ4v) is 2.43. The summed E-state index contributed by atoms with van der Waals surface area (Å²) in [6, 6.07) is 0. The van der Waals surface area contributed by atoms with Crippen LogP contribution in [0.25, 0.3) is 0 Å². The molecule has 0 radical (unpaired) electrons. The van der Waals surface area contributed by atoms with Crippen molar-refractivity contribution in [2.75, 3.05) is 0 Å². The zero-order valence-corrected chi connectivity index (χ0v) is 5.28. The van der Waals surface area contributed by atoms with Crippen molar-refractivity contribution in [1.29, 1.82) is 0 Å². The first kappa shape index (κ1) is 4.80. The topological polar surface area (TPSA) is 20.2 Å². The first-order chi connectivity index (χ1) is 3.62. The van der Waals surface area contributed by atoms with Crippen molar-refractivity contribution < 1.29 is 5.11 Å². The number of aliphatic hydroxyl groups is 1. The molecule has 0 atom stereocenters. The van der Waals surface area contributed by atoms with Gasteiger partial charge in [0.1, 0.15) is 0 Å². The van der Waals surface area contributed by atoms with E-state index < -0.39 is 0 Å². The molecular formula is C7H12O. The van der Waals surface area contributed by atoms with Crippen molar-refractivity contribution in [1.82, 2.24) is 0 Å². The molecule has 3 aliphatic rings. The van der Waals surface area contributed by atoms with Gasteiger partial charge in [0.15, 0.2) is 0 Å². The van der Waals surface area contributed by atoms with Crippen molar-refractivity contribution in [2.24, 2.45) is 5.41 Å². The lowest BCUT2D eigenvalue weighted by Gasteiger charge is -2.41. The zero-order chi connectivity index (χ0) is 5.83. The first-order valence-electron chi connectivity index (χ1n) is 3.34. The quantitative estimate of drug-likeness (QED) is 0.501. The third-order valence-electron chi connectivity index (χ3n) is 2.71. The largest absolute Gasteiger partial charge is 0.390 e. The Morgan fingerprint density at radius 1 is 1.25 bits per heavy atom. The molecule has 0 heterocycles. The lowest BCUT2D eigenvalue weighted by atomic mass is 9.69. The molecular weight excluding hydrogens is 100 g/mol. The van der Waals surface area contributed by atoms with Gasteiger partial charge in [0.2, 0.25) is 0 Å². The Morgan fingerprint density at radius 3 is 2.00 bits per heavy atom. The fraction of sp³-hybridized carbons (Fsp3) is 1.00. The second-order valence-electron chi connectivity index (χ2n) is 3.89. The number of hydrogen-bond donors (Lipinski definition) is 1. The standard InChI is InChI=1S/C7H12O/c1-6-2-3-7(8,4-6)5-6/h8H,2-5H2,1H3. The molecule has 0 spiro atoms. The normalized spacial score (nSPS) is 60.8. The van der Waals surface area contributed by atoms with E-state index >= 15 is 0 Å². The zero-order valence-electron chi connectivity index (χ0n) is 5.28. The summed E-state index contributed by atoms with van der Waals surface area (Å²) < 4.78 is 0. The van der Waals surface area contributed by atoms with Gasteiger partial charge in [-0.25, -0.2) is 0 Å². The highest BCUT2D eigenvalue weighted by molar-refractivity contribution is 5.08. The lowest BCUT2D eigenvalue weighted by Crippen LogP contribution is -2.40. The minimum absolute atomic E-state index is 0.200. The molecule has 46 valence electrons. The van der Waals surface area contributed by atoms with Crippen LogP contribution in [0.15, 0.2) is 0 Å². The Balaban J connectivity index is 2.22. The maximum atomic E-state index is 9.43. The van der Waals surface area contributed by atoms with E-state index in [-0.39, 0.29) is 5.60 Å². The molecule has 3 rings (SSSR count). The Morgan fingerprint density at radius 2 is 1.88 bits per heavy atom. The molecule has 8 heavy (non-hydrogen) atoms. The Kier molecular flexibility index (Phi) is 0.583. The highest BCUT2D eigenvalue weighted by Gasteiger charge is 2.56. The van der Waals surface area contributed by atoms with E-state index in [0.29, 0.717) is 5.41 Å². The molecule has 0 saturated heterocycles. The average molecular weight is 112 g/mol. The third-order valence-corrected chi connectivity index (χ3v) is 2.71. The molecule has 0 aliphatic heterocycles. The highest BCUT2D eigenvalue weighted by atomic mass is 16.3. The Bertz CT molecular complexity index is 108. The average Bonchev–Trinajstić information content (AvgIpc) is 1.88. The predicted molar refractivity (Wildman–Crippen MR) is 31.5 cm³/mol. The summed E-state index contributed by atoms with van der Waals surface area (Å²) in [6.07, 6.45) is 4.45. The smallest absolute Gasteiger partial charge is 0.0658 e. The van der Waals surface area contributed by atoms with Crippen molar-refractivity contribution in [2.45, 2.75) is 38.2 Å². The highest BCUT2D eigenvalue weighted by Crippen LogP contribution is 2.60. The van der Waals surface area contributed by atoms with Crippen LogP contribution in [0.1, 0.15) is 32.6 Å². The van der Waals surface area contributed by atoms with Gasteiger partial charge in [-0.05, 0) is 31.1 Å². The molecule has 3 fully saturated rings. The molecule has 0 aromatic heterocycles. The molecule has 3 saturated carbocycles. The summed E-state index contributed by atoms with van der Waals surface area (Å²) >= 11 is 0. The van der Waals surface area contributed by atoms with Crippen LogP contribution in [-0.4, -0.2) is 10.7 Å². The second kappa shape index (κ2) is 0.971. The van der Waals surface area contributed by atoms with Crippen molar-refractivity contribution in [3.8, 4) is 0 Å². The van der Waals surface area contributed by atoms with Crippen LogP contribution in [0, 0.1) is 5.41 Å². The maximum Gasteiger partial charge on any atom is 0.0658 e. The summed E-state index contributed by atoms with van der Waals surface area (Å²) in [5.41, 5.74) is 0.351. The van der Waals surface area contributed by atoms with Crippen LogP contribution in [0.3, 0.4) is 0 Å². The minimum atomic E-state index is -0.200. The van der Waals surface area contributed by atoms with E-state index in [1.165, 1.54) is 6.42 Å². The molecule has 0 amide bonds. The number of rotatable bonds is 0. The van der Waals surface area contributed by atoms with E-state index in [9.17, 15) is 5.11 Å². The van der Waals surface area contributed by atoms with Gasteiger partial charge in [-0.2, -0.15) is 0 Å². The minimum Gasteiger partial charge on any atom is -0.390 e. The van der Waals surface area contributed by atoms with E-state index in [2.05, 4.69) is 6.92 Å². The van der Waals surface area contributed by atoms with Crippen LogP contribution >= 0.6 is 0 Å². The van der Waals surface area contributed by atoms with Crippen LogP contribution in [-0.2, 0) is 0 Å². The summed E-state index contributed by atoms with van der Waals surface area (Å²) in [7, 11) is 0. The molecule has 0 aromatic carbocycles. The van der Waals surface area contributed by atoms with E-state index in [1.54, 1.807) is 0 Å². The summed E-state index contributed by atoms with van der Waals surface area (Å²) in [4.78, 5) is 0. The number of hydrogen-bond acceptors (Lipinski definition) is 1. The van der Waals surface area contributed by atoms with Gasteiger partial charge in [-0.3, -0.25) is 0 Å². The van der Waals surface area contributed by atoms with Gasteiger partial charge in [0, 0.05) is 0 Å². The SMILES string of the molecule is CC12CCC(O)(C1)C2. The molecule has 1 heteroatoms. The van der Waals surface area contributed by atoms with Gasteiger partial charge in [0.05, 0.1) is 5.60 Å². The van der Waals surface area contributed by atoms with E-state index in [4.69, 9.17) is 0 Å². The lowest BCUT2D eigenvalue weighted by molar-refractivity contribution is -0.0583. The van der Waals surface area contributed by atoms with Crippen molar-refractivity contribution >= 4 is 0 Å². The van der Waals surface area contributed by atoms with Crippen LogP contribution in [0.2, 0.25) is 0 Å². The Labute approximate surface area is 49.7 Å². The maximum absolute atomic E-state index is 9.43.